The molecule has 0 aliphatic rings. The summed E-state index contributed by atoms with van der Waals surface area (Å²) < 4.78 is 0. The first kappa shape index (κ1) is 16.3. The molecular formula is C13H16N4O4. The van der Waals surface area contributed by atoms with Crippen LogP contribution in [-0.2, 0) is 0 Å². The molecule has 1 aromatic rings. The Hall–Kier alpha value is -2.77. The third kappa shape index (κ3) is 5.39. The number of non-ortho nitro benzene ring substituents is 1. The summed E-state index contributed by atoms with van der Waals surface area (Å²) in [7, 11) is 0. The van der Waals surface area contributed by atoms with Gasteiger partial charge in [0.05, 0.1) is 15.9 Å². The van der Waals surface area contributed by atoms with E-state index in [1.807, 2.05) is 19.1 Å². The van der Waals surface area contributed by atoms with Gasteiger partial charge in [0.25, 0.3) is 5.69 Å². The van der Waals surface area contributed by atoms with Gasteiger partial charge >= 0.3 is 5.69 Å². The van der Waals surface area contributed by atoms with Gasteiger partial charge in [-0.25, -0.2) is 0 Å². The number of rotatable bonds is 8. The number of nitrogens with one attached hydrogen (secondary N) is 1. The maximum Gasteiger partial charge on any atom is 0.301 e. The van der Waals surface area contributed by atoms with Crippen molar-refractivity contribution in [3.8, 4) is 0 Å². The molecule has 0 saturated heterocycles. The van der Waals surface area contributed by atoms with Crippen LogP contribution < -0.4 is 5.43 Å². The number of allylic oxidation sites excluding steroid dienone is 2. The second-order valence-corrected chi connectivity index (χ2v) is 4.14. The Kier molecular flexibility index (Phi) is 6.52. The zero-order chi connectivity index (χ0) is 15.7. The van der Waals surface area contributed by atoms with Crippen LogP contribution in [0.15, 0.2) is 35.5 Å². The lowest BCUT2D eigenvalue weighted by Crippen LogP contribution is -1.98. The zero-order valence-corrected chi connectivity index (χ0v) is 11.6. The topological polar surface area (TPSA) is 111 Å². The van der Waals surface area contributed by atoms with Crippen LogP contribution in [-0.4, -0.2) is 16.1 Å². The molecule has 8 heteroatoms. The number of unbranched alkanes of at least 4 members (excludes halogenated alkanes) is 2. The highest BCUT2D eigenvalue weighted by molar-refractivity contribution is 5.67. The molecule has 112 valence electrons. The van der Waals surface area contributed by atoms with Crippen LogP contribution in [0.2, 0.25) is 0 Å². The van der Waals surface area contributed by atoms with Gasteiger partial charge in [-0.15, -0.1) is 0 Å². The van der Waals surface area contributed by atoms with Crippen LogP contribution in [0.25, 0.3) is 0 Å². The Bertz CT molecular complexity index is 569. The van der Waals surface area contributed by atoms with Crippen LogP contribution in [0.4, 0.5) is 17.1 Å². The number of benzene rings is 1. The summed E-state index contributed by atoms with van der Waals surface area (Å²) in [4.78, 5) is 20.1. The fraction of sp³-hybridized carbons (Fsp3) is 0.308. The van der Waals surface area contributed by atoms with E-state index in [-0.39, 0.29) is 17.1 Å². The van der Waals surface area contributed by atoms with Gasteiger partial charge in [-0.1, -0.05) is 12.2 Å². The molecule has 1 rings (SSSR count). The SMILES string of the molecule is CC=CCCCC=NNc1ccc([N+](=O)[O-])cc1[N+](=O)[O-]. The Balaban J connectivity index is 2.68. The number of nitrogens with zero attached hydrogens (tertiary/aromatic N) is 3. The van der Waals surface area contributed by atoms with Crippen molar-refractivity contribution in [3.63, 3.8) is 0 Å². The molecule has 1 aromatic carbocycles. The highest BCUT2D eigenvalue weighted by atomic mass is 16.6. The Morgan fingerprint density at radius 3 is 2.62 bits per heavy atom. The zero-order valence-electron chi connectivity index (χ0n) is 11.6. The van der Waals surface area contributed by atoms with Crippen molar-refractivity contribution in [2.45, 2.75) is 26.2 Å². The van der Waals surface area contributed by atoms with E-state index in [9.17, 15) is 20.2 Å². The van der Waals surface area contributed by atoms with E-state index in [0.717, 1.165) is 25.3 Å². The number of hydrazone groups is 1. The first-order valence-electron chi connectivity index (χ1n) is 6.37. The summed E-state index contributed by atoms with van der Waals surface area (Å²) in [5, 5.41) is 25.4. The average Bonchev–Trinajstić information content (AvgIpc) is 2.46. The van der Waals surface area contributed by atoms with Crippen molar-refractivity contribution in [1.29, 1.82) is 0 Å². The van der Waals surface area contributed by atoms with Crippen molar-refractivity contribution in [1.82, 2.24) is 0 Å². The van der Waals surface area contributed by atoms with Crippen molar-refractivity contribution in [3.05, 3.63) is 50.6 Å². The highest BCUT2D eigenvalue weighted by Gasteiger charge is 2.18. The molecule has 0 unspecified atom stereocenters. The monoisotopic (exact) mass is 292 g/mol. The van der Waals surface area contributed by atoms with Crippen LogP contribution in [0.1, 0.15) is 26.2 Å². The van der Waals surface area contributed by atoms with Crippen molar-refractivity contribution < 1.29 is 9.85 Å². The first-order chi connectivity index (χ1) is 10.1. The number of hydrogen-bond acceptors (Lipinski definition) is 6. The van der Waals surface area contributed by atoms with E-state index in [1.165, 1.54) is 12.1 Å². The van der Waals surface area contributed by atoms with Gasteiger partial charge in [-0.3, -0.25) is 25.7 Å². The van der Waals surface area contributed by atoms with Gasteiger partial charge in [0.1, 0.15) is 5.69 Å². The molecule has 0 fully saturated rings. The van der Waals surface area contributed by atoms with Gasteiger partial charge in [0.2, 0.25) is 0 Å². The second kappa shape index (κ2) is 8.41. The molecule has 21 heavy (non-hydrogen) atoms. The van der Waals surface area contributed by atoms with E-state index in [0.29, 0.717) is 0 Å². The van der Waals surface area contributed by atoms with Gasteiger partial charge in [0, 0.05) is 12.3 Å². The molecule has 0 aliphatic heterocycles. The van der Waals surface area contributed by atoms with Crippen LogP contribution in [0, 0.1) is 20.2 Å². The summed E-state index contributed by atoms with van der Waals surface area (Å²) in [6.07, 6.45) is 8.24. The largest absolute Gasteiger partial charge is 0.301 e. The van der Waals surface area contributed by atoms with Gasteiger partial charge in [-0.05, 0) is 32.3 Å². The average molecular weight is 292 g/mol. The van der Waals surface area contributed by atoms with Gasteiger partial charge < -0.3 is 0 Å². The molecule has 0 aliphatic carbocycles. The summed E-state index contributed by atoms with van der Waals surface area (Å²) in [5.41, 5.74) is 1.95. The predicted octanol–water partition coefficient (Wildman–Crippen LogP) is 3.65. The molecule has 0 aromatic heterocycles. The van der Waals surface area contributed by atoms with Crippen molar-refractivity contribution >= 4 is 23.3 Å². The molecule has 0 spiro atoms. The van der Waals surface area contributed by atoms with Gasteiger partial charge in [0.15, 0.2) is 0 Å². The summed E-state index contributed by atoms with van der Waals surface area (Å²) in [6.45, 7) is 1.95. The summed E-state index contributed by atoms with van der Waals surface area (Å²) >= 11 is 0. The Morgan fingerprint density at radius 2 is 2.00 bits per heavy atom. The normalized spacial score (nSPS) is 11.1. The maximum absolute atomic E-state index is 10.9. The molecule has 8 nitrogen and oxygen atoms in total. The highest BCUT2D eigenvalue weighted by Crippen LogP contribution is 2.28. The molecule has 0 heterocycles. The molecule has 1 N–H and O–H groups in total. The Labute approximate surface area is 121 Å². The lowest BCUT2D eigenvalue weighted by Gasteiger charge is -2.01. The van der Waals surface area contributed by atoms with E-state index >= 15 is 0 Å². The third-order valence-electron chi connectivity index (χ3n) is 2.60. The predicted molar refractivity (Wildman–Crippen MR) is 80.5 cm³/mol. The number of nitro groups is 2. The number of hydrogen-bond donors (Lipinski definition) is 1. The van der Waals surface area contributed by atoms with E-state index in [4.69, 9.17) is 0 Å². The third-order valence-corrected chi connectivity index (χ3v) is 2.60. The molecule has 0 saturated carbocycles. The van der Waals surface area contributed by atoms with Crippen LogP contribution in [0.3, 0.4) is 0 Å². The quantitative estimate of drug-likeness (QED) is 0.258. The smallest absolute Gasteiger partial charge is 0.272 e. The second-order valence-electron chi connectivity index (χ2n) is 4.14. The fourth-order valence-corrected chi connectivity index (χ4v) is 1.55. The molecule has 0 bridgehead atoms. The summed E-state index contributed by atoms with van der Waals surface area (Å²) in [5.74, 6) is 0. The van der Waals surface area contributed by atoms with E-state index in [2.05, 4.69) is 10.5 Å². The van der Waals surface area contributed by atoms with E-state index < -0.39 is 9.85 Å². The van der Waals surface area contributed by atoms with E-state index in [1.54, 1.807) is 6.21 Å². The molecular weight excluding hydrogens is 276 g/mol. The van der Waals surface area contributed by atoms with Crippen molar-refractivity contribution in [2.75, 3.05) is 5.43 Å². The standard InChI is InChI=1S/C13H16N4O4/c1-2-3-4-5-6-9-14-15-12-8-7-11(16(18)19)10-13(12)17(20)21/h2-3,7-10,15H,4-6H2,1H3. The Morgan fingerprint density at radius 1 is 1.24 bits per heavy atom. The minimum Gasteiger partial charge on any atom is -0.272 e. The minimum atomic E-state index is -0.684. The number of nitro benzene ring substituents is 2. The lowest BCUT2D eigenvalue weighted by atomic mass is 10.2. The molecule has 0 radical (unpaired) electrons. The number of anilines is 1. The minimum absolute atomic E-state index is 0.121. The van der Waals surface area contributed by atoms with Gasteiger partial charge in [-0.2, -0.15) is 5.10 Å². The lowest BCUT2D eigenvalue weighted by molar-refractivity contribution is -0.393. The van der Waals surface area contributed by atoms with Crippen LogP contribution >= 0.6 is 0 Å². The first-order valence-corrected chi connectivity index (χ1v) is 6.37. The maximum atomic E-state index is 10.9. The molecule has 0 atom stereocenters. The van der Waals surface area contributed by atoms with Crippen LogP contribution in [0.5, 0.6) is 0 Å². The van der Waals surface area contributed by atoms with Crippen molar-refractivity contribution in [2.24, 2.45) is 5.10 Å². The molecule has 0 amide bonds. The fourth-order valence-electron chi connectivity index (χ4n) is 1.55. The summed E-state index contributed by atoms with van der Waals surface area (Å²) in [6, 6.07) is 3.37.